The van der Waals surface area contributed by atoms with Gasteiger partial charge in [-0.25, -0.2) is 4.98 Å². The SMILES string of the molecule is Cc1ncc(Br)c(=O)n1CC(CBr)C(C)(C)C. The Morgan fingerprint density at radius 1 is 1.47 bits per heavy atom. The zero-order valence-corrected chi connectivity index (χ0v) is 13.8. The molecular formula is C12H18Br2N2O. The monoisotopic (exact) mass is 364 g/mol. The molecule has 96 valence electrons. The van der Waals surface area contributed by atoms with Crippen molar-refractivity contribution in [2.45, 2.75) is 34.2 Å². The first-order valence-corrected chi connectivity index (χ1v) is 7.46. The third-order valence-electron chi connectivity index (χ3n) is 3.02. The lowest BCUT2D eigenvalue weighted by Crippen LogP contribution is -2.33. The van der Waals surface area contributed by atoms with E-state index >= 15 is 0 Å². The van der Waals surface area contributed by atoms with Gasteiger partial charge in [0, 0.05) is 18.1 Å². The molecule has 0 aliphatic carbocycles. The Balaban J connectivity index is 3.11. The summed E-state index contributed by atoms with van der Waals surface area (Å²) in [5.74, 6) is 1.14. The molecule has 1 aromatic rings. The molecule has 0 N–H and O–H groups in total. The molecule has 1 rings (SSSR count). The molecule has 3 nitrogen and oxygen atoms in total. The molecule has 1 aromatic heterocycles. The van der Waals surface area contributed by atoms with Crippen molar-refractivity contribution in [2.24, 2.45) is 11.3 Å². The molecule has 0 radical (unpaired) electrons. The van der Waals surface area contributed by atoms with Crippen molar-refractivity contribution in [3.8, 4) is 0 Å². The first-order chi connectivity index (χ1) is 7.77. The van der Waals surface area contributed by atoms with Crippen LogP contribution in [-0.2, 0) is 6.54 Å². The molecule has 0 spiro atoms. The number of aromatic nitrogens is 2. The van der Waals surface area contributed by atoms with Gasteiger partial charge in [-0.05, 0) is 34.2 Å². The molecule has 0 saturated carbocycles. The highest BCUT2D eigenvalue weighted by atomic mass is 79.9. The largest absolute Gasteiger partial charge is 0.296 e. The van der Waals surface area contributed by atoms with E-state index in [1.165, 1.54) is 0 Å². The van der Waals surface area contributed by atoms with Crippen molar-refractivity contribution >= 4 is 31.9 Å². The predicted molar refractivity (Wildman–Crippen MR) is 77.7 cm³/mol. The van der Waals surface area contributed by atoms with Crippen LogP contribution in [0.4, 0.5) is 0 Å². The second-order valence-electron chi connectivity index (χ2n) is 5.29. The van der Waals surface area contributed by atoms with Gasteiger partial charge in [-0.3, -0.25) is 9.36 Å². The van der Waals surface area contributed by atoms with Crippen LogP contribution in [-0.4, -0.2) is 14.9 Å². The van der Waals surface area contributed by atoms with Crippen LogP contribution in [0.25, 0.3) is 0 Å². The molecule has 5 heteroatoms. The Morgan fingerprint density at radius 3 is 2.53 bits per heavy atom. The Kier molecular flexibility index (Phi) is 4.95. The van der Waals surface area contributed by atoms with Crippen LogP contribution in [0.2, 0.25) is 0 Å². The molecule has 0 aromatic carbocycles. The van der Waals surface area contributed by atoms with Crippen LogP contribution in [0, 0.1) is 18.3 Å². The van der Waals surface area contributed by atoms with Crippen LogP contribution >= 0.6 is 31.9 Å². The fraction of sp³-hybridized carbons (Fsp3) is 0.667. The van der Waals surface area contributed by atoms with Crippen molar-refractivity contribution < 1.29 is 0 Å². The summed E-state index contributed by atoms with van der Waals surface area (Å²) in [5.41, 5.74) is 0.144. The number of alkyl halides is 1. The van der Waals surface area contributed by atoms with E-state index in [0.717, 1.165) is 11.2 Å². The zero-order valence-electron chi connectivity index (χ0n) is 10.6. The van der Waals surface area contributed by atoms with Gasteiger partial charge in [-0.2, -0.15) is 0 Å². The zero-order chi connectivity index (χ0) is 13.2. The first-order valence-electron chi connectivity index (χ1n) is 5.55. The normalized spacial score (nSPS) is 13.8. The van der Waals surface area contributed by atoms with Crippen molar-refractivity contribution in [3.05, 3.63) is 26.8 Å². The first kappa shape index (κ1) is 14.9. The standard InChI is InChI=1S/C12H18Br2N2O/c1-8-15-6-10(14)11(17)16(8)7-9(5-13)12(2,3)4/h6,9H,5,7H2,1-4H3. The van der Waals surface area contributed by atoms with Crippen molar-refractivity contribution in [3.63, 3.8) is 0 Å². The Labute approximate surface area is 119 Å². The summed E-state index contributed by atoms with van der Waals surface area (Å²) in [6.07, 6.45) is 1.56. The maximum absolute atomic E-state index is 12.0. The summed E-state index contributed by atoms with van der Waals surface area (Å²) >= 11 is 6.76. The molecular weight excluding hydrogens is 348 g/mol. The minimum Gasteiger partial charge on any atom is -0.296 e. The maximum Gasteiger partial charge on any atom is 0.267 e. The molecule has 0 aliphatic heterocycles. The van der Waals surface area contributed by atoms with E-state index in [1.54, 1.807) is 10.8 Å². The van der Waals surface area contributed by atoms with Gasteiger partial charge >= 0.3 is 0 Å². The highest BCUT2D eigenvalue weighted by molar-refractivity contribution is 9.10. The molecule has 1 atom stereocenters. The summed E-state index contributed by atoms with van der Waals surface area (Å²) in [7, 11) is 0. The van der Waals surface area contributed by atoms with Gasteiger partial charge < -0.3 is 0 Å². The molecule has 1 heterocycles. The lowest BCUT2D eigenvalue weighted by molar-refractivity contribution is 0.235. The van der Waals surface area contributed by atoms with E-state index in [-0.39, 0.29) is 11.0 Å². The van der Waals surface area contributed by atoms with E-state index in [1.807, 2.05) is 6.92 Å². The van der Waals surface area contributed by atoms with E-state index in [9.17, 15) is 4.79 Å². The second-order valence-corrected chi connectivity index (χ2v) is 6.79. The summed E-state index contributed by atoms with van der Waals surface area (Å²) in [6.45, 7) is 9.10. The number of aryl methyl sites for hydroxylation is 1. The maximum atomic E-state index is 12.0. The van der Waals surface area contributed by atoms with Crippen LogP contribution in [0.3, 0.4) is 0 Å². The summed E-state index contributed by atoms with van der Waals surface area (Å²) in [5, 5.41) is 0.870. The summed E-state index contributed by atoms with van der Waals surface area (Å²) < 4.78 is 2.26. The van der Waals surface area contributed by atoms with Gasteiger partial charge in [0.15, 0.2) is 0 Å². The minimum absolute atomic E-state index is 0.00676. The number of halogens is 2. The Hall–Kier alpha value is -0.160. The third-order valence-corrected chi connectivity index (χ3v) is 4.34. The average Bonchev–Trinajstić information content (AvgIpc) is 2.22. The number of nitrogens with zero attached hydrogens (tertiary/aromatic N) is 2. The highest BCUT2D eigenvalue weighted by Gasteiger charge is 2.25. The molecule has 0 bridgehead atoms. The summed E-state index contributed by atoms with van der Waals surface area (Å²) in [4.78, 5) is 16.2. The third kappa shape index (κ3) is 3.65. The van der Waals surface area contributed by atoms with E-state index < -0.39 is 0 Å². The smallest absolute Gasteiger partial charge is 0.267 e. The predicted octanol–water partition coefficient (Wildman–Crippen LogP) is 3.37. The Bertz CT molecular complexity index is 449. The summed E-state index contributed by atoms with van der Waals surface area (Å²) in [6, 6.07) is 0. The van der Waals surface area contributed by atoms with Gasteiger partial charge in [0.25, 0.3) is 5.56 Å². The van der Waals surface area contributed by atoms with E-state index in [2.05, 4.69) is 57.6 Å². The number of rotatable bonds is 3. The molecule has 1 unspecified atom stereocenters. The molecule has 0 saturated heterocycles. The second kappa shape index (κ2) is 5.65. The quantitative estimate of drug-likeness (QED) is 0.769. The van der Waals surface area contributed by atoms with Crippen molar-refractivity contribution in [2.75, 3.05) is 5.33 Å². The van der Waals surface area contributed by atoms with E-state index in [4.69, 9.17) is 0 Å². The van der Waals surface area contributed by atoms with Gasteiger partial charge in [0.1, 0.15) is 10.3 Å². The highest BCUT2D eigenvalue weighted by Crippen LogP contribution is 2.28. The molecule has 0 fully saturated rings. The molecule has 17 heavy (non-hydrogen) atoms. The lowest BCUT2D eigenvalue weighted by Gasteiger charge is -2.30. The van der Waals surface area contributed by atoms with Gasteiger partial charge in [0.05, 0.1) is 0 Å². The van der Waals surface area contributed by atoms with Crippen LogP contribution in [0.5, 0.6) is 0 Å². The van der Waals surface area contributed by atoms with E-state index in [0.29, 0.717) is 16.9 Å². The Morgan fingerprint density at radius 2 is 2.06 bits per heavy atom. The number of hydrogen-bond acceptors (Lipinski definition) is 2. The minimum atomic E-state index is -0.00676. The van der Waals surface area contributed by atoms with Gasteiger partial charge in [-0.1, -0.05) is 36.7 Å². The fourth-order valence-corrected chi connectivity index (χ4v) is 3.03. The van der Waals surface area contributed by atoms with Gasteiger partial charge in [0.2, 0.25) is 0 Å². The number of hydrogen-bond donors (Lipinski definition) is 0. The topological polar surface area (TPSA) is 34.9 Å². The van der Waals surface area contributed by atoms with Crippen molar-refractivity contribution in [1.82, 2.24) is 9.55 Å². The lowest BCUT2D eigenvalue weighted by atomic mass is 9.82. The van der Waals surface area contributed by atoms with Crippen LogP contribution in [0.15, 0.2) is 15.5 Å². The van der Waals surface area contributed by atoms with Gasteiger partial charge in [-0.15, -0.1) is 0 Å². The van der Waals surface area contributed by atoms with Crippen molar-refractivity contribution in [1.29, 1.82) is 0 Å². The molecule has 0 aliphatic rings. The van der Waals surface area contributed by atoms with Crippen LogP contribution < -0.4 is 5.56 Å². The molecule has 0 amide bonds. The van der Waals surface area contributed by atoms with Crippen LogP contribution in [0.1, 0.15) is 26.6 Å². The fourth-order valence-electron chi connectivity index (χ4n) is 1.54. The average molecular weight is 366 g/mol.